The van der Waals surface area contributed by atoms with E-state index in [1.807, 2.05) is 0 Å². The average Bonchev–Trinajstić information content (AvgIpc) is 2.48. The van der Waals surface area contributed by atoms with Crippen molar-refractivity contribution in [3.63, 3.8) is 0 Å². The Hall–Kier alpha value is -1.10. The fourth-order valence-electron chi connectivity index (χ4n) is 3.22. The summed E-state index contributed by atoms with van der Waals surface area (Å²) in [5, 5.41) is 0. The molecule has 2 rings (SSSR count). The topological polar surface area (TPSA) is 72.6 Å². The van der Waals surface area contributed by atoms with Crippen molar-refractivity contribution in [3.05, 3.63) is 0 Å². The zero-order chi connectivity index (χ0) is 14.4. The summed E-state index contributed by atoms with van der Waals surface area (Å²) < 4.78 is 5.25. The summed E-state index contributed by atoms with van der Waals surface area (Å²) in [6, 6.07) is 0. The average molecular weight is 282 g/mol. The molecule has 0 aromatic rings. The molecular weight excluding hydrogens is 256 g/mol. The van der Waals surface area contributed by atoms with E-state index in [4.69, 9.17) is 10.5 Å². The van der Waals surface area contributed by atoms with Crippen molar-refractivity contribution >= 4 is 11.8 Å². The smallest absolute Gasteiger partial charge is 0.248 e. The Morgan fingerprint density at radius 3 is 2.65 bits per heavy atom. The number of carbonyl (C=O) groups excluding carboxylic acids is 2. The maximum absolute atomic E-state index is 12.1. The van der Waals surface area contributed by atoms with Gasteiger partial charge in [-0.15, -0.1) is 0 Å². The Kier molecular flexibility index (Phi) is 5.83. The van der Waals surface area contributed by atoms with Gasteiger partial charge in [0.25, 0.3) is 0 Å². The number of morpholine rings is 1. The van der Waals surface area contributed by atoms with Gasteiger partial charge in [-0.25, -0.2) is 0 Å². The number of amides is 2. The maximum Gasteiger partial charge on any atom is 0.248 e. The molecule has 5 nitrogen and oxygen atoms in total. The van der Waals surface area contributed by atoms with Crippen LogP contribution in [0.3, 0.4) is 0 Å². The Bertz CT molecular complexity index is 340. The second-order valence-corrected chi connectivity index (χ2v) is 6.00. The second kappa shape index (κ2) is 7.62. The molecule has 1 atom stereocenters. The summed E-state index contributed by atoms with van der Waals surface area (Å²) in [7, 11) is 0. The number of nitrogens with two attached hydrogens (primary N) is 1. The number of hydrogen-bond acceptors (Lipinski definition) is 3. The third kappa shape index (κ3) is 4.47. The van der Waals surface area contributed by atoms with Crippen LogP contribution in [0.2, 0.25) is 0 Å². The molecule has 20 heavy (non-hydrogen) atoms. The van der Waals surface area contributed by atoms with E-state index in [1.165, 1.54) is 32.1 Å². The van der Waals surface area contributed by atoms with E-state index >= 15 is 0 Å². The zero-order valence-electron chi connectivity index (χ0n) is 12.2. The summed E-state index contributed by atoms with van der Waals surface area (Å²) >= 11 is 0. The van der Waals surface area contributed by atoms with E-state index in [-0.39, 0.29) is 5.91 Å². The van der Waals surface area contributed by atoms with Gasteiger partial charge in [-0.3, -0.25) is 9.59 Å². The molecule has 2 N–H and O–H groups in total. The first-order valence-electron chi connectivity index (χ1n) is 7.85. The monoisotopic (exact) mass is 282 g/mol. The number of nitrogens with zero attached hydrogens (tertiary/aromatic N) is 1. The largest absolute Gasteiger partial charge is 0.367 e. The Labute approximate surface area is 120 Å². The number of hydrogen-bond donors (Lipinski definition) is 1. The van der Waals surface area contributed by atoms with Crippen LogP contribution >= 0.6 is 0 Å². The van der Waals surface area contributed by atoms with Gasteiger partial charge in [-0.05, 0) is 18.8 Å². The minimum atomic E-state index is -0.633. The van der Waals surface area contributed by atoms with Gasteiger partial charge in [0.05, 0.1) is 13.2 Å². The normalized spacial score (nSPS) is 24.6. The van der Waals surface area contributed by atoms with Gasteiger partial charge in [0, 0.05) is 13.0 Å². The first kappa shape index (κ1) is 15.3. The van der Waals surface area contributed by atoms with Crippen LogP contribution in [0.5, 0.6) is 0 Å². The first-order valence-corrected chi connectivity index (χ1v) is 7.85. The lowest BCUT2D eigenvalue weighted by molar-refractivity contribution is -0.145. The lowest BCUT2D eigenvalue weighted by atomic mass is 9.86. The van der Waals surface area contributed by atoms with E-state index in [0.717, 1.165) is 18.8 Å². The quantitative estimate of drug-likeness (QED) is 0.829. The number of primary amides is 1. The number of rotatable bonds is 5. The molecule has 114 valence electrons. The first-order chi connectivity index (χ1) is 9.66. The molecule has 0 bridgehead atoms. The van der Waals surface area contributed by atoms with Crippen LogP contribution in [0, 0.1) is 5.92 Å². The standard InChI is InChI=1S/C15H26N2O3/c16-15(19)13-11-17(9-10-20-13)14(18)8-4-7-12-5-2-1-3-6-12/h12-13H,1-11H2,(H2,16,19)/t13-/m0/s1. The molecule has 2 amide bonds. The molecule has 2 fully saturated rings. The van der Waals surface area contributed by atoms with Crippen molar-refractivity contribution < 1.29 is 14.3 Å². The molecule has 1 saturated carbocycles. The zero-order valence-corrected chi connectivity index (χ0v) is 12.2. The fraction of sp³-hybridized carbons (Fsp3) is 0.867. The molecule has 1 aliphatic carbocycles. The summed E-state index contributed by atoms with van der Waals surface area (Å²) in [5.74, 6) is 0.472. The molecule has 0 aromatic heterocycles. The van der Waals surface area contributed by atoms with E-state index < -0.39 is 12.0 Å². The second-order valence-electron chi connectivity index (χ2n) is 6.00. The predicted molar refractivity (Wildman–Crippen MR) is 75.9 cm³/mol. The van der Waals surface area contributed by atoms with Gasteiger partial charge in [-0.1, -0.05) is 32.1 Å². The maximum atomic E-state index is 12.1. The minimum absolute atomic E-state index is 0.135. The molecule has 5 heteroatoms. The van der Waals surface area contributed by atoms with Crippen LogP contribution in [-0.4, -0.2) is 42.5 Å². The summed E-state index contributed by atoms with van der Waals surface area (Å²) in [6.45, 7) is 1.30. The highest BCUT2D eigenvalue weighted by atomic mass is 16.5. The van der Waals surface area contributed by atoms with E-state index in [2.05, 4.69) is 0 Å². The van der Waals surface area contributed by atoms with Crippen LogP contribution in [0.4, 0.5) is 0 Å². The molecule has 0 spiro atoms. The van der Waals surface area contributed by atoms with Crippen LogP contribution < -0.4 is 5.73 Å². The third-order valence-corrected chi connectivity index (χ3v) is 4.46. The van der Waals surface area contributed by atoms with Crippen LogP contribution in [0.15, 0.2) is 0 Å². The fourth-order valence-corrected chi connectivity index (χ4v) is 3.22. The van der Waals surface area contributed by atoms with Gasteiger partial charge in [0.15, 0.2) is 6.10 Å². The van der Waals surface area contributed by atoms with E-state index in [9.17, 15) is 9.59 Å². The lowest BCUT2D eigenvalue weighted by Gasteiger charge is -2.31. The molecule has 0 unspecified atom stereocenters. The van der Waals surface area contributed by atoms with E-state index in [1.54, 1.807) is 4.90 Å². The lowest BCUT2D eigenvalue weighted by Crippen LogP contribution is -2.50. The van der Waals surface area contributed by atoms with Gasteiger partial charge in [-0.2, -0.15) is 0 Å². The minimum Gasteiger partial charge on any atom is -0.367 e. The molecule has 0 radical (unpaired) electrons. The van der Waals surface area contributed by atoms with Crippen molar-refractivity contribution in [1.29, 1.82) is 0 Å². The van der Waals surface area contributed by atoms with Crippen molar-refractivity contribution in [1.82, 2.24) is 4.90 Å². The Morgan fingerprint density at radius 1 is 1.20 bits per heavy atom. The third-order valence-electron chi connectivity index (χ3n) is 4.46. The summed E-state index contributed by atoms with van der Waals surface area (Å²) in [4.78, 5) is 25.0. The Morgan fingerprint density at radius 2 is 1.95 bits per heavy atom. The molecule has 2 aliphatic rings. The number of ether oxygens (including phenoxy) is 1. The highest BCUT2D eigenvalue weighted by molar-refractivity contribution is 5.81. The highest BCUT2D eigenvalue weighted by Gasteiger charge is 2.27. The molecule has 1 saturated heterocycles. The van der Waals surface area contributed by atoms with Crippen molar-refractivity contribution in [3.8, 4) is 0 Å². The van der Waals surface area contributed by atoms with Crippen LogP contribution in [0.1, 0.15) is 51.4 Å². The van der Waals surface area contributed by atoms with Crippen LogP contribution in [0.25, 0.3) is 0 Å². The molecule has 1 aliphatic heterocycles. The van der Waals surface area contributed by atoms with Crippen molar-refractivity contribution in [2.24, 2.45) is 11.7 Å². The Balaban J connectivity index is 1.67. The molecule has 1 heterocycles. The van der Waals surface area contributed by atoms with Crippen molar-refractivity contribution in [2.45, 2.75) is 57.5 Å². The van der Waals surface area contributed by atoms with Crippen molar-refractivity contribution in [2.75, 3.05) is 19.7 Å². The summed E-state index contributed by atoms with van der Waals surface area (Å²) in [5.41, 5.74) is 5.23. The van der Waals surface area contributed by atoms with Gasteiger partial charge >= 0.3 is 0 Å². The van der Waals surface area contributed by atoms with Crippen LogP contribution in [-0.2, 0) is 14.3 Å². The van der Waals surface area contributed by atoms with Gasteiger partial charge in [0.1, 0.15) is 0 Å². The molecular formula is C15H26N2O3. The SMILES string of the molecule is NC(=O)[C@@H]1CN(C(=O)CCCC2CCCCC2)CCO1. The molecule has 0 aromatic carbocycles. The van der Waals surface area contributed by atoms with E-state index in [0.29, 0.717) is 26.1 Å². The van der Waals surface area contributed by atoms with Gasteiger partial charge in [0.2, 0.25) is 11.8 Å². The predicted octanol–water partition coefficient (Wildman–Crippen LogP) is 1.45. The van der Waals surface area contributed by atoms with Gasteiger partial charge < -0.3 is 15.4 Å². The number of carbonyl (C=O) groups is 2. The highest BCUT2D eigenvalue weighted by Crippen LogP contribution is 2.27. The summed E-state index contributed by atoms with van der Waals surface area (Å²) in [6.07, 6.45) is 8.80.